The summed E-state index contributed by atoms with van der Waals surface area (Å²) >= 11 is 1.38. The molecule has 4 aromatic rings. The molecule has 0 spiro atoms. The standard InChI is InChI=1S/C26H22FN3O4S/c1-3-33-24-14-17(8-13-23(24)34-25(31)20-6-4-5-7-22(20)32-2)15-28-30-26-29-21(16-35-26)18-9-11-19(27)12-10-18/h4-16H,3H2,1-2H3,(H,29,30). The lowest BCUT2D eigenvalue weighted by Gasteiger charge is -2.12. The monoisotopic (exact) mass is 491 g/mol. The Morgan fingerprint density at radius 2 is 1.89 bits per heavy atom. The van der Waals surface area contributed by atoms with E-state index >= 15 is 0 Å². The number of methoxy groups -OCH3 is 1. The topological polar surface area (TPSA) is 82.0 Å². The molecule has 4 rings (SSSR count). The number of nitrogens with one attached hydrogen (secondary N) is 1. The van der Waals surface area contributed by atoms with E-state index in [4.69, 9.17) is 14.2 Å². The van der Waals surface area contributed by atoms with Crippen molar-refractivity contribution in [2.24, 2.45) is 5.10 Å². The molecular formula is C26H22FN3O4S. The minimum atomic E-state index is -0.549. The van der Waals surface area contributed by atoms with Gasteiger partial charge in [0.2, 0.25) is 5.13 Å². The summed E-state index contributed by atoms with van der Waals surface area (Å²) in [6.45, 7) is 2.23. The summed E-state index contributed by atoms with van der Waals surface area (Å²) in [5.74, 6) is 0.283. The molecule has 0 aliphatic rings. The maximum atomic E-state index is 13.1. The molecule has 0 fully saturated rings. The summed E-state index contributed by atoms with van der Waals surface area (Å²) in [6.07, 6.45) is 1.60. The summed E-state index contributed by atoms with van der Waals surface area (Å²) in [6, 6.07) is 18.1. The van der Waals surface area contributed by atoms with E-state index < -0.39 is 5.97 Å². The second kappa shape index (κ2) is 11.3. The fourth-order valence-electron chi connectivity index (χ4n) is 3.17. The van der Waals surface area contributed by atoms with Crippen molar-refractivity contribution in [2.75, 3.05) is 19.1 Å². The van der Waals surface area contributed by atoms with E-state index in [1.165, 1.54) is 30.6 Å². The molecule has 0 bridgehead atoms. The van der Waals surface area contributed by atoms with Crippen LogP contribution in [0.5, 0.6) is 17.2 Å². The van der Waals surface area contributed by atoms with E-state index in [-0.39, 0.29) is 11.6 Å². The van der Waals surface area contributed by atoms with Crippen LogP contribution in [0.25, 0.3) is 11.3 Å². The summed E-state index contributed by atoms with van der Waals surface area (Å²) in [5.41, 5.74) is 5.48. The van der Waals surface area contributed by atoms with Gasteiger partial charge in [0.15, 0.2) is 11.5 Å². The molecule has 0 atom stereocenters. The van der Waals surface area contributed by atoms with E-state index in [2.05, 4.69) is 15.5 Å². The molecule has 3 aromatic carbocycles. The van der Waals surface area contributed by atoms with Gasteiger partial charge in [-0.25, -0.2) is 14.2 Å². The number of esters is 1. The Hall–Kier alpha value is -4.24. The van der Waals surface area contributed by atoms with Crippen molar-refractivity contribution in [1.29, 1.82) is 0 Å². The lowest BCUT2D eigenvalue weighted by Crippen LogP contribution is -2.11. The molecule has 1 N–H and O–H groups in total. The van der Waals surface area contributed by atoms with Crippen LogP contribution in [0.15, 0.2) is 77.2 Å². The molecular weight excluding hydrogens is 469 g/mol. The number of carbonyl (C=O) groups excluding carboxylic acids is 1. The van der Waals surface area contributed by atoms with Gasteiger partial charge >= 0.3 is 5.97 Å². The molecule has 0 saturated carbocycles. The number of benzene rings is 3. The Balaban J connectivity index is 1.45. The summed E-state index contributed by atoms with van der Waals surface area (Å²) in [7, 11) is 1.50. The predicted octanol–water partition coefficient (Wildman–Crippen LogP) is 6.02. The van der Waals surface area contributed by atoms with Gasteiger partial charge in [0.25, 0.3) is 0 Å². The molecule has 0 radical (unpaired) electrons. The SMILES string of the molecule is CCOc1cc(C=NNc2nc(-c3ccc(F)cc3)cs2)ccc1OC(=O)c1ccccc1OC. The highest BCUT2D eigenvalue weighted by Gasteiger charge is 2.17. The van der Waals surface area contributed by atoms with Crippen LogP contribution in [-0.4, -0.2) is 30.9 Å². The Morgan fingerprint density at radius 3 is 2.66 bits per heavy atom. The zero-order chi connectivity index (χ0) is 24.6. The number of para-hydroxylation sites is 1. The Morgan fingerprint density at radius 1 is 1.09 bits per heavy atom. The van der Waals surface area contributed by atoms with Crippen LogP contribution in [0.2, 0.25) is 0 Å². The molecule has 178 valence electrons. The van der Waals surface area contributed by atoms with E-state index in [1.807, 2.05) is 12.3 Å². The van der Waals surface area contributed by atoms with Gasteiger partial charge in [0, 0.05) is 10.9 Å². The van der Waals surface area contributed by atoms with Crippen LogP contribution in [0.3, 0.4) is 0 Å². The van der Waals surface area contributed by atoms with E-state index in [9.17, 15) is 9.18 Å². The second-order valence-corrected chi connectivity index (χ2v) is 8.00. The molecule has 0 saturated heterocycles. The van der Waals surface area contributed by atoms with Crippen molar-refractivity contribution in [3.63, 3.8) is 0 Å². The number of nitrogens with zero attached hydrogens (tertiary/aromatic N) is 2. The summed E-state index contributed by atoms with van der Waals surface area (Å²) in [5, 5.41) is 6.68. The van der Waals surface area contributed by atoms with Crippen molar-refractivity contribution in [3.05, 3.63) is 89.1 Å². The quantitative estimate of drug-likeness (QED) is 0.133. The van der Waals surface area contributed by atoms with Gasteiger partial charge < -0.3 is 14.2 Å². The smallest absolute Gasteiger partial charge is 0.347 e. The third-order valence-electron chi connectivity index (χ3n) is 4.82. The molecule has 0 unspecified atom stereocenters. The highest BCUT2D eigenvalue weighted by Crippen LogP contribution is 2.30. The normalized spacial score (nSPS) is 10.8. The fraction of sp³-hybridized carbons (Fsp3) is 0.115. The van der Waals surface area contributed by atoms with Crippen molar-refractivity contribution in [3.8, 4) is 28.5 Å². The van der Waals surface area contributed by atoms with Crippen molar-refractivity contribution < 1.29 is 23.4 Å². The summed E-state index contributed by atoms with van der Waals surface area (Å²) < 4.78 is 29.6. The third-order valence-corrected chi connectivity index (χ3v) is 5.56. The van der Waals surface area contributed by atoms with Crippen molar-refractivity contribution in [2.45, 2.75) is 6.92 Å². The molecule has 35 heavy (non-hydrogen) atoms. The Kier molecular flexibility index (Phi) is 7.69. The number of aromatic nitrogens is 1. The van der Waals surface area contributed by atoms with Gasteiger partial charge in [-0.1, -0.05) is 12.1 Å². The number of ether oxygens (including phenoxy) is 3. The number of carbonyl (C=O) groups is 1. The van der Waals surface area contributed by atoms with Gasteiger partial charge in [-0.05, 0) is 67.1 Å². The first-order valence-corrected chi connectivity index (χ1v) is 11.6. The predicted molar refractivity (Wildman–Crippen MR) is 134 cm³/mol. The van der Waals surface area contributed by atoms with Crippen molar-refractivity contribution in [1.82, 2.24) is 4.98 Å². The fourth-order valence-corrected chi connectivity index (χ4v) is 3.83. The van der Waals surface area contributed by atoms with E-state index in [0.29, 0.717) is 28.8 Å². The third kappa shape index (κ3) is 6.01. The number of rotatable bonds is 9. The number of hydrogen-bond donors (Lipinski definition) is 1. The van der Waals surface area contributed by atoms with Gasteiger partial charge in [-0.15, -0.1) is 11.3 Å². The van der Waals surface area contributed by atoms with Crippen LogP contribution in [-0.2, 0) is 0 Å². The largest absolute Gasteiger partial charge is 0.496 e. The molecule has 0 amide bonds. The average molecular weight is 492 g/mol. The van der Waals surface area contributed by atoms with Gasteiger partial charge in [0.1, 0.15) is 17.1 Å². The molecule has 0 aliphatic heterocycles. The Labute approximate surface area is 205 Å². The van der Waals surface area contributed by atoms with Crippen LogP contribution >= 0.6 is 11.3 Å². The molecule has 0 aliphatic carbocycles. The second-order valence-electron chi connectivity index (χ2n) is 7.14. The Bertz CT molecular complexity index is 1340. The van der Waals surface area contributed by atoms with E-state index in [0.717, 1.165) is 16.8 Å². The van der Waals surface area contributed by atoms with Crippen LogP contribution < -0.4 is 19.6 Å². The summed E-state index contributed by atoms with van der Waals surface area (Å²) in [4.78, 5) is 17.1. The zero-order valence-electron chi connectivity index (χ0n) is 19.0. The number of thiazole rings is 1. The zero-order valence-corrected chi connectivity index (χ0v) is 19.8. The number of anilines is 1. The highest BCUT2D eigenvalue weighted by atomic mass is 32.1. The molecule has 7 nitrogen and oxygen atoms in total. The van der Waals surface area contributed by atoms with Crippen molar-refractivity contribution >= 4 is 28.7 Å². The molecule has 9 heteroatoms. The number of hydrogen-bond acceptors (Lipinski definition) is 8. The molecule has 1 heterocycles. The van der Waals surface area contributed by atoms with Crippen LogP contribution in [0.4, 0.5) is 9.52 Å². The highest BCUT2D eigenvalue weighted by molar-refractivity contribution is 7.14. The average Bonchev–Trinajstić information content (AvgIpc) is 3.35. The first-order valence-electron chi connectivity index (χ1n) is 10.7. The van der Waals surface area contributed by atoms with Crippen LogP contribution in [0, 0.1) is 5.82 Å². The lowest BCUT2D eigenvalue weighted by molar-refractivity contribution is 0.0725. The minimum Gasteiger partial charge on any atom is -0.496 e. The maximum Gasteiger partial charge on any atom is 0.347 e. The lowest BCUT2D eigenvalue weighted by atomic mass is 10.2. The number of hydrazone groups is 1. The van der Waals surface area contributed by atoms with E-state index in [1.54, 1.807) is 60.8 Å². The minimum absolute atomic E-state index is 0.289. The van der Waals surface area contributed by atoms with Gasteiger partial charge in [-0.2, -0.15) is 5.10 Å². The first-order chi connectivity index (χ1) is 17.1. The molecule has 1 aromatic heterocycles. The van der Waals surface area contributed by atoms with Gasteiger partial charge in [-0.3, -0.25) is 5.43 Å². The maximum absolute atomic E-state index is 13.1. The number of halogens is 1. The first kappa shape index (κ1) is 23.9. The van der Waals surface area contributed by atoms with Gasteiger partial charge in [0.05, 0.1) is 25.6 Å². The van der Waals surface area contributed by atoms with Crippen LogP contribution in [0.1, 0.15) is 22.8 Å².